The minimum Gasteiger partial charge on any atom is -0.388 e. The Morgan fingerprint density at radius 3 is 2.83 bits per heavy atom. The van der Waals surface area contributed by atoms with Crippen LogP contribution in [0.5, 0.6) is 0 Å². The molecule has 0 amide bonds. The summed E-state index contributed by atoms with van der Waals surface area (Å²) in [4.78, 5) is 2.20. The van der Waals surface area contributed by atoms with Crippen molar-refractivity contribution in [3.63, 3.8) is 0 Å². The first kappa shape index (κ1) is 15.4. The molecule has 0 aliphatic carbocycles. The molecule has 0 saturated heterocycles. The first-order valence-electron chi connectivity index (χ1n) is 6.24. The Kier molecular flexibility index (Phi) is 7.28. The summed E-state index contributed by atoms with van der Waals surface area (Å²) in [6.45, 7) is 2.62. The predicted octanol–water partition coefficient (Wildman–Crippen LogP) is 2.73. The molecule has 1 aromatic carbocycles. The van der Waals surface area contributed by atoms with Crippen LogP contribution in [-0.2, 0) is 4.74 Å². The molecule has 1 atom stereocenters. The molecule has 1 rings (SSSR count). The third kappa shape index (κ3) is 5.83. The Hall–Kier alpha value is -0.610. The van der Waals surface area contributed by atoms with Crippen molar-refractivity contribution in [2.45, 2.75) is 18.9 Å². The predicted molar refractivity (Wildman–Crippen MR) is 75.0 cm³/mol. The van der Waals surface area contributed by atoms with Crippen LogP contribution in [-0.4, -0.2) is 43.9 Å². The van der Waals surface area contributed by atoms with Crippen molar-refractivity contribution < 1.29 is 9.84 Å². The van der Waals surface area contributed by atoms with Crippen LogP contribution in [0.3, 0.4) is 0 Å². The van der Waals surface area contributed by atoms with Gasteiger partial charge in [0.1, 0.15) is 0 Å². The Labute approximate surface area is 114 Å². The second-order valence-corrected chi connectivity index (χ2v) is 4.95. The number of rotatable bonds is 8. The van der Waals surface area contributed by atoms with Crippen LogP contribution in [0.2, 0.25) is 5.02 Å². The summed E-state index contributed by atoms with van der Waals surface area (Å²) in [5.41, 5.74) is 0.882. The smallest absolute Gasteiger partial charge is 0.0802 e. The van der Waals surface area contributed by atoms with E-state index in [1.165, 1.54) is 0 Å². The summed E-state index contributed by atoms with van der Waals surface area (Å²) in [7, 11) is 3.77. The fourth-order valence-electron chi connectivity index (χ4n) is 1.81. The Balaban J connectivity index is 2.30. The number of ether oxygens (including phenoxy) is 1. The average Bonchev–Trinajstić information content (AvgIpc) is 2.36. The lowest BCUT2D eigenvalue weighted by atomic mass is 10.1. The number of aliphatic hydroxyl groups excluding tert-OH is 1. The molecular weight excluding hydrogens is 250 g/mol. The van der Waals surface area contributed by atoms with Gasteiger partial charge in [-0.2, -0.15) is 0 Å². The highest BCUT2D eigenvalue weighted by atomic mass is 35.5. The number of aliphatic hydroxyl groups is 1. The van der Waals surface area contributed by atoms with Gasteiger partial charge < -0.3 is 14.7 Å². The van der Waals surface area contributed by atoms with Gasteiger partial charge in [-0.25, -0.2) is 0 Å². The number of halogens is 1. The summed E-state index contributed by atoms with van der Waals surface area (Å²) in [6.07, 6.45) is 1.28. The molecule has 0 heterocycles. The second-order valence-electron chi connectivity index (χ2n) is 4.51. The van der Waals surface area contributed by atoms with Crippen LogP contribution in [0.15, 0.2) is 24.3 Å². The minimum atomic E-state index is -0.450. The molecule has 1 aromatic rings. The summed E-state index contributed by atoms with van der Waals surface area (Å²) >= 11 is 5.90. The summed E-state index contributed by atoms with van der Waals surface area (Å²) < 4.78 is 5.01. The van der Waals surface area contributed by atoms with Crippen LogP contribution in [0.25, 0.3) is 0 Å². The standard InChI is InChI=1S/C14H22ClNO2/c1-16(8-4-10-18-2)9-7-14(17)12-5-3-6-13(15)11-12/h3,5-6,11,14,17H,4,7-10H2,1-2H3. The maximum atomic E-state index is 10.1. The summed E-state index contributed by atoms with van der Waals surface area (Å²) in [5.74, 6) is 0. The molecule has 102 valence electrons. The highest BCUT2D eigenvalue weighted by Gasteiger charge is 2.09. The van der Waals surface area contributed by atoms with Crippen LogP contribution in [0.4, 0.5) is 0 Å². The van der Waals surface area contributed by atoms with Gasteiger partial charge in [-0.15, -0.1) is 0 Å². The van der Waals surface area contributed by atoms with E-state index in [4.69, 9.17) is 16.3 Å². The molecule has 3 nitrogen and oxygen atoms in total. The molecule has 0 saturated carbocycles. The first-order valence-corrected chi connectivity index (χ1v) is 6.62. The molecule has 0 radical (unpaired) electrons. The van der Waals surface area contributed by atoms with Gasteiger partial charge in [0.2, 0.25) is 0 Å². The van der Waals surface area contributed by atoms with E-state index in [9.17, 15) is 5.11 Å². The molecule has 0 aliphatic heterocycles. The van der Waals surface area contributed by atoms with E-state index in [0.29, 0.717) is 11.4 Å². The monoisotopic (exact) mass is 271 g/mol. The lowest BCUT2D eigenvalue weighted by molar-refractivity contribution is 0.141. The van der Waals surface area contributed by atoms with Crippen LogP contribution >= 0.6 is 11.6 Å². The molecule has 4 heteroatoms. The van der Waals surface area contributed by atoms with Crippen LogP contribution in [0, 0.1) is 0 Å². The lowest BCUT2D eigenvalue weighted by Gasteiger charge is -2.19. The average molecular weight is 272 g/mol. The Morgan fingerprint density at radius 1 is 1.39 bits per heavy atom. The van der Waals surface area contributed by atoms with Crippen LogP contribution in [0.1, 0.15) is 24.5 Å². The fourth-order valence-corrected chi connectivity index (χ4v) is 2.01. The highest BCUT2D eigenvalue weighted by molar-refractivity contribution is 6.30. The maximum Gasteiger partial charge on any atom is 0.0802 e. The largest absolute Gasteiger partial charge is 0.388 e. The number of hydrogen-bond acceptors (Lipinski definition) is 3. The number of nitrogens with zero attached hydrogens (tertiary/aromatic N) is 1. The Bertz CT molecular complexity index is 346. The van der Waals surface area contributed by atoms with E-state index in [0.717, 1.165) is 31.7 Å². The van der Waals surface area contributed by atoms with E-state index < -0.39 is 6.10 Å². The van der Waals surface area contributed by atoms with Crippen molar-refractivity contribution in [3.05, 3.63) is 34.9 Å². The number of benzene rings is 1. The van der Waals surface area contributed by atoms with Gasteiger partial charge in [-0.05, 0) is 37.6 Å². The van der Waals surface area contributed by atoms with Crippen LogP contribution < -0.4 is 0 Å². The zero-order valence-corrected chi connectivity index (χ0v) is 11.9. The molecule has 0 bridgehead atoms. The van der Waals surface area contributed by atoms with E-state index >= 15 is 0 Å². The van der Waals surface area contributed by atoms with Gasteiger partial charge in [0.25, 0.3) is 0 Å². The van der Waals surface area contributed by atoms with Gasteiger partial charge in [-0.1, -0.05) is 23.7 Å². The van der Waals surface area contributed by atoms with E-state index in [2.05, 4.69) is 11.9 Å². The molecule has 1 unspecified atom stereocenters. The van der Waals surface area contributed by atoms with Crippen molar-refractivity contribution in [1.29, 1.82) is 0 Å². The van der Waals surface area contributed by atoms with Crippen molar-refractivity contribution in [2.75, 3.05) is 33.9 Å². The normalized spacial score (nSPS) is 12.9. The van der Waals surface area contributed by atoms with Crippen molar-refractivity contribution in [1.82, 2.24) is 4.90 Å². The van der Waals surface area contributed by atoms with Crippen molar-refractivity contribution in [3.8, 4) is 0 Å². The zero-order valence-electron chi connectivity index (χ0n) is 11.1. The van der Waals surface area contributed by atoms with Crippen molar-refractivity contribution in [2.24, 2.45) is 0 Å². The number of hydrogen-bond donors (Lipinski definition) is 1. The lowest BCUT2D eigenvalue weighted by Crippen LogP contribution is -2.23. The maximum absolute atomic E-state index is 10.1. The summed E-state index contributed by atoms with van der Waals surface area (Å²) in [5, 5.41) is 10.7. The van der Waals surface area contributed by atoms with Gasteiger partial charge in [0.15, 0.2) is 0 Å². The molecule has 18 heavy (non-hydrogen) atoms. The molecule has 0 aromatic heterocycles. The van der Waals surface area contributed by atoms with E-state index in [1.54, 1.807) is 7.11 Å². The third-order valence-corrected chi connectivity index (χ3v) is 3.14. The molecular formula is C14H22ClNO2. The SMILES string of the molecule is COCCCN(C)CCC(O)c1cccc(Cl)c1. The van der Waals surface area contributed by atoms with Gasteiger partial charge >= 0.3 is 0 Å². The summed E-state index contributed by atoms with van der Waals surface area (Å²) in [6, 6.07) is 7.40. The van der Waals surface area contributed by atoms with Gasteiger partial charge in [0.05, 0.1) is 6.10 Å². The highest BCUT2D eigenvalue weighted by Crippen LogP contribution is 2.20. The fraction of sp³-hybridized carbons (Fsp3) is 0.571. The Morgan fingerprint density at radius 2 is 2.17 bits per heavy atom. The van der Waals surface area contributed by atoms with Gasteiger partial charge in [0, 0.05) is 31.8 Å². The number of methoxy groups -OCH3 is 1. The molecule has 1 N–H and O–H groups in total. The van der Waals surface area contributed by atoms with E-state index in [-0.39, 0.29) is 0 Å². The zero-order chi connectivity index (χ0) is 13.4. The van der Waals surface area contributed by atoms with E-state index in [1.807, 2.05) is 24.3 Å². The first-order chi connectivity index (χ1) is 8.63. The molecule has 0 spiro atoms. The quantitative estimate of drug-likeness (QED) is 0.738. The third-order valence-electron chi connectivity index (χ3n) is 2.91. The molecule has 0 aliphatic rings. The van der Waals surface area contributed by atoms with Crippen molar-refractivity contribution >= 4 is 11.6 Å². The van der Waals surface area contributed by atoms with Gasteiger partial charge in [-0.3, -0.25) is 0 Å². The molecule has 0 fully saturated rings. The second kappa shape index (κ2) is 8.48. The minimum absolute atomic E-state index is 0.450. The topological polar surface area (TPSA) is 32.7 Å².